The Bertz CT molecular complexity index is 721. The maximum absolute atomic E-state index is 12.7. The summed E-state index contributed by atoms with van der Waals surface area (Å²) in [5, 5.41) is 3.41. The number of aromatic nitrogens is 2. The summed E-state index contributed by atoms with van der Waals surface area (Å²) in [4.78, 5) is 37.8. The van der Waals surface area contributed by atoms with Gasteiger partial charge in [0.25, 0.3) is 5.91 Å². The predicted octanol–water partition coefficient (Wildman–Crippen LogP) is 1.48. The van der Waals surface area contributed by atoms with Gasteiger partial charge in [0, 0.05) is 30.9 Å². The third-order valence-corrected chi connectivity index (χ3v) is 5.35. The first-order chi connectivity index (χ1) is 11.7. The molecule has 4 heterocycles. The second-order valence-electron chi connectivity index (χ2n) is 6.23. The summed E-state index contributed by atoms with van der Waals surface area (Å²) < 4.78 is 1.92. The number of thiazole rings is 1. The average molecular weight is 348 g/mol. The lowest BCUT2D eigenvalue weighted by Gasteiger charge is -2.31. The highest BCUT2D eigenvalue weighted by Gasteiger charge is 2.37. The molecule has 0 spiro atoms. The lowest BCUT2D eigenvalue weighted by molar-refractivity contribution is -0.201. The highest BCUT2D eigenvalue weighted by atomic mass is 32.1. The second kappa shape index (κ2) is 6.52. The minimum atomic E-state index is -0.390. The standard InChI is InChI=1S/C16H20N4O3S/c21-14(10-12-11-18-7-9-24-16(18)17-12)19-5-3-4-13(19)15(22)20-6-1-2-8-23-20/h7,9,11,13H,1-6,8,10H2/t13-/m1/s1. The number of fused-ring (bicyclic) bond motifs is 1. The molecule has 8 heteroatoms. The van der Waals surface area contributed by atoms with Gasteiger partial charge < -0.3 is 4.90 Å². The zero-order valence-corrected chi connectivity index (χ0v) is 14.2. The molecule has 0 aromatic carbocycles. The SMILES string of the molecule is O=C([C@H]1CCCN1C(=O)Cc1cn2ccsc2n1)N1CCCCO1. The largest absolute Gasteiger partial charge is 0.330 e. The van der Waals surface area contributed by atoms with Crippen LogP contribution in [0.15, 0.2) is 17.8 Å². The van der Waals surface area contributed by atoms with Gasteiger partial charge in [-0.15, -0.1) is 11.3 Å². The number of carbonyl (C=O) groups is 2. The van der Waals surface area contributed by atoms with Crippen LogP contribution in [0.3, 0.4) is 0 Å². The van der Waals surface area contributed by atoms with Gasteiger partial charge in [0.1, 0.15) is 6.04 Å². The lowest BCUT2D eigenvalue weighted by Crippen LogP contribution is -2.49. The molecule has 1 atom stereocenters. The third kappa shape index (κ3) is 2.91. The lowest BCUT2D eigenvalue weighted by atomic mass is 10.2. The summed E-state index contributed by atoms with van der Waals surface area (Å²) in [5.74, 6) is -0.111. The molecule has 2 aromatic heterocycles. The Morgan fingerprint density at radius 3 is 3.00 bits per heavy atom. The molecule has 2 fully saturated rings. The number of imidazole rings is 1. The number of carbonyl (C=O) groups excluding carboxylic acids is 2. The zero-order valence-electron chi connectivity index (χ0n) is 13.4. The van der Waals surface area contributed by atoms with Crippen molar-refractivity contribution < 1.29 is 14.4 Å². The molecule has 4 rings (SSSR count). The summed E-state index contributed by atoms with van der Waals surface area (Å²) in [6.45, 7) is 1.83. The molecule has 0 radical (unpaired) electrons. The molecule has 0 aliphatic carbocycles. The van der Waals surface area contributed by atoms with Gasteiger partial charge in [-0.05, 0) is 25.7 Å². The highest BCUT2D eigenvalue weighted by molar-refractivity contribution is 7.15. The fourth-order valence-corrected chi connectivity index (χ4v) is 4.10. The van der Waals surface area contributed by atoms with Crippen LogP contribution in [0.1, 0.15) is 31.4 Å². The highest BCUT2D eigenvalue weighted by Crippen LogP contribution is 2.22. The van der Waals surface area contributed by atoms with E-state index in [4.69, 9.17) is 4.84 Å². The Balaban J connectivity index is 1.44. The maximum atomic E-state index is 12.7. The van der Waals surface area contributed by atoms with Crippen LogP contribution in [0.25, 0.3) is 4.96 Å². The average Bonchev–Trinajstić information content (AvgIpc) is 3.30. The molecule has 0 saturated carbocycles. The Hall–Kier alpha value is -1.93. The second-order valence-corrected chi connectivity index (χ2v) is 7.10. The van der Waals surface area contributed by atoms with E-state index in [9.17, 15) is 9.59 Å². The van der Waals surface area contributed by atoms with Crippen LogP contribution in [0.5, 0.6) is 0 Å². The molecule has 2 aromatic rings. The van der Waals surface area contributed by atoms with Gasteiger partial charge in [-0.25, -0.2) is 10.0 Å². The van der Waals surface area contributed by atoms with Crippen molar-refractivity contribution in [1.82, 2.24) is 19.3 Å². The topological polar surface area (TPSA) is 67.2 Å². The Labute approximate surface area is 143 Å². The first-order valence-corrected chi connectivity index (χ1v) is 9.25. The smallest absolute Gasteiger partial charge is 0.268 e. The van der Waals surface area contributed by atoms with Crippen molar-refractivity contribution in [3.8, 4) is 0 Å². The van der Waals surface area contributed by atoms with Crippen LogP contribution in [0.2, 0.25) is 0 Å². The molecule has 7 nitrogen and oxygen atoms in total. The minimum Gasteiger partial charge on any atom is -0.330 e. The molecule has 0 N–H and O–H groups in total. The van der Waals surface area contributed by atoms with Crippen LogP contribution in [0.4, 0.5) is 0 Å². The van der Waals surface area contributed by atoms with Crippen LogP contribution in [-0.4, -0.2) is 56.9 Å². The van der Waals surface area contributed by atoms with Crippen LogP contribution in [-0.2, 0) is 20.8 Å². The quantitative estimate of drug-likeness (QED) is 0.843. The molecule has 24 heavy (non-hydrogen) atoms. The van der Waals surface area contributed by atoms with Crippen LogP contribution in [0, 0.1) is 0 Å². The first-order valence-electron chi connectivity index (χ1n) is 8.37. The van der Waals surface area contributed by atoms with Gasteiger partial charge in [0.15, 0.2) is 4.96 Å². The molecule has 0 unspecified atom stereocenters. The normalized spacial score (nSPS) is 21.6. The molecular formula is C16H20N4O3S. The van der Waals surface area contributed by atoms with Gasteiger partial charge in [-0.2, -0.15) is 0 Å². The van der Waals surface area contributed by atoms with Gasteiger partial charge in [-0.1, -0.05) is 0 Å². The van der Waals surface area contributed by atoms with E-state index in [0.717, 1.165) is 29.9 Å². The molecule has 2 aliphatic rings. The number of hydrogen-bond donors (Lipinski definition) is 0. The van der Waals surface area contributed by atoms with Crippen LogP contribution >= 0.6 is 11.3 Å². The summed E-state index contributed by atoms with van der Waals surface area (Å²) in [7, 11) is 0. The van der Waals surface area contributed by atoms with E-state index in [2.05, 4.69) is 4.98 Å². The number of likely N-dealkylation sites (tertiary alicyclic amines) is 1. The molecule has 2 amide bonds. The Morgan fingerprint density at radius 2 is 2.21 bits per heavy atom. The van der Waals surface area contributed by atoms with Crippen molar-refractivity contribution in [2.75, 3.05) is 19.7 Å². The molecule has 0 bridgehead atoms. The summed E-state index contributed by atoms with van der Waals surface area (Å²) >= 11 is 1.54. The van der Waals surface area contributed by atoms with E-state index in [-0.39, 0.29) is 24.3 Å². The predicted molar refractivity (Wildman–Crippen MR) is 88.4 cm³/mol. The number of hydrogen-bond acceptors (Lipinski definition) is 5. The van der Waals surface area contributed by atoms with Crippen molar-refractivity contribution in [2.45, 2.75) is 38.1 Å². The van der Waals surface area contributed by atoms with E-state index in [1.807, 2.05) is 22.2 Å². The first kappa shape index (κ1) is 15.6. The summed E-state index contributed by atoms with van der Waals surface area (Å²) in [6, 6.07) is -0.390. The van der Waals surface area contributed by atoms with E-state index in [1.165, 1.54) is 5.06 Å². The molecule has 2 aliphatic heterocycles. The van der Waals surface area contributed by atoms with Gasteiger partial charge in [0.2, 0.25) is 5.91 Å². The number of rotatable bonds is 3. The summed E-state index contributed by atoms with van der Waals surface area (Å²) in [5.41, 5.74) is 0.749. The monoisotopic (exact) mass is 348 g/mol. The fraction of sp³-hybridized carbons (Fsp3) is 0.562. The van der Waals surface area contributed by atoms with Crippen molar-refractivity contribution in [3.05, 3.63) is 23.5 Å². The van der Waals surface area contributed by atoms with Crippen molar-refractivity contribution >= 4 is 28.1 Å². The maximum Gasteiger partial charge on any atom is 0.268 e. The van der Waals surface area contributed by atoms with Gasteiger partial charge >= 0.3 is 0 Å². The summed E-state index contributed by atoms with van der Waals surface area (Å²) in [6.07, 6.45) is 7.55. The fourth-order valence-electron chi connectivity index (χ4n) is 3.38. The van der Waals surface area contributed by atoms with E-state index < -0.39 is 0 Å². The van der Waals surface area contributed by atoms with E-state index in [0.29, 0.717) is 26.1 Å². The number of hydroxylamine groups is 2. The number of amides is 2. The minimum absolute atomic E-state index is 0.0337. The van der Waals surface area contributed by atoms with Crippen molar-refractivity contribution in [1.29, 1.82) is 0 Å². The molecule has 128 valence electrons. The van der Waals surface area contributed by atoms with Crippen LogP contribution < -0.4 is 0 Å². The Morgan fingerprint density at radius 1 is 1.29 bits per heavy atom. The van der Waals surface area contributed by atoms with Crippen molar-refractivity contribution in [3.63, 3.8) is 0 Å². The zero-order chi connectivity index (χ0) is 16.5. The Kier molecular flexibility index (Phi) is 4.24. The van der Waals surface area contributed by atoms with Gasteiger partial charge in [0.05, 0.1) is 18.7 Å². The third-order valence-electron chi connectivity index (χ3n) is 4.58. The van der Waals surface area contributed by atoms with E-state index in [1.54, 1.807) is 16.2 Å². The number of nitrogens with zero attached hydrogens (tertiary/aromatic N) is 4. The molecule has 2 saturated heterocycles. The van der Waals surface area contributed by atoms with E-state index >= 15 is 0 Å². The van der Waals surface area contributed by atoms with Gasteiger partial charge in [-0.3, -0.25) is 18.8 Å². The molecular weight excluding hydrogens is 328 g/mol. The van der Waals surface area contributed by atoms with Crippen molar-refractivity contribution in [2.24, 2.45) is 0 Å².